The van der Waals surface area contributed by atoms with Gasteiger partial charge < -0.3 is 20.1 Å². The molecule has 0 aromatic heterocycles. The fourth-order valence-corrected chi connectivity index (χ4v) is 2.50. The molecule has 5 nitrogen and oxygen atoms in total. The summed E-state index contributed by atoms with van der Waals surface area (Å²) >= 11 is 0. The second-order valence-electron chi connectivity index (χ2n) is 5.92. The van der Waals surface area contributed by atoms with Gasteiger partial charge in [0, 0.05) is 19.8 Å². The van der Waals surface area contributed by atoms with Crippen LogP contribution in [0.1, 0.15) is 33.1 Å². The van der Waals surface area contributed by atoms with Crippen LogP contribution in [0.3, 0.4) is 0 Å². The van der Waals surface area contributed by atoms with Gasteiger partial charge in [-0.2, -0.15) is 0 Å². The minimum Gasteiger partial charge on any atom is -0.489 e. The number of amides is 2. The van der Waals surface area contributed by atoms with Gasteiger partial charge in [0.25, 0.3) is 0 Å². The highest BCUT2D eigenvalue weighted by Crippen LogP contribution is 2.24. The number of ether oxygens (including phenoxy) is 2. The van der Waals surface area contributed by atoms with Crippen LogP contribution in [0.25, 0.3) is 0 Å². The highest BCUT2D eigenvalue weighted by atomic mass is 16.5. The fourth-order valence-electron chi connectivity index (χ4n) is 2.50. The van der Waals surface area contributed by atoms with E-state index < -0.39 is 0 Å². The van der Waals surface area contributed by atoms with Crippen molar-refractivity contribution in [3.8, 4) is 5.75 Å². The molecule has 1 atom stereocenters. The zero-order valence-electron chi connectivity index (χ0n) is 13.4. The first-order valence-corrected chi connectivity index (χ1v) is 8.03. The van der Waals surface area contributed by atoms with E-state index in [0.29, 0.717) is 23.9 Å². The van der Waals surface area contributed by atoms with Crippen LogP contribution in [-0.4, -0.2) is 31.9 Å². The van der Waals surface area contributed by atoms with E-state index in [0.717, 1.165) is 32.5 Å². The van der Waals surface area contributed by atoms with Crippen molar-refractivity contribution in [2.75, 3.05) is 25.1 Å². The molecule has 0 bridgehead atoms. The van der Waals surface area contributed by atoms with E-state index in [-0.39, 0.29) is 12.1 Å². The second-order valence-corrected chi connectivity index (χ2v) is 5.92. The summed E-state index contributed by atoms with van der Waals surface area (Å²) in [5.74, 6) is 1.35. The predicted molar refractivity (Wildman–Crippen MR) is 87.4 cm³/mol. The minimum atomic E-state index is -0.192. The summed E-state index contributed by atoms with van der Waals surface area (Å²) in [6.45, 7) is 6.35. The normalized spacial score (nSPS) is 17.5. The van der Waals surface area contributed by atoms with Gasteiger partial charge in [0.2, 0.25) is 0 Å². The lowest BCUT2D eigenvalue weighted by Crippen LogP contribution is -2.30. The van der Waals surface area contributed by atoms with E-state index >= 15 is 0 Å². The molecule has 1 heterocycles. The maximum atomic E-state index is 11.9. The molecule has 1 aliphatic heterocycles. The second kappa shape index (κ2) is 8.63. The third-order valence-electron chi connectivity index (χ3n) is 3.60. The molecular weight excluding hydrogens is 280 g/mol. The van der Waals surface area contributed by atoms with Crippen LogP contribution in [0, 0.1) is 5.92 Å². The molecule has 0 aliphatic carbocycles. The number of para-hydroxylation sites is 2. The predicted octanol–water partition coefficient (Wildman–Crippen LogP) is 3.41. The Balaban J connectivity index is 1.72. The van der Waals surface area contributed by atoms with Crippen molar-refractivity contribution in [2.45, 2.75) is 39.2 Å². The largest absolute Gasteiger partial charge is 0.489 e. The van der Waals surface area contributed by atoms with Crippen molar-refractivity contribution in [3.05, 3.63) is 24.3 Å². The van der Waals surface area contributed by atoms with Crippen molar-refractivity contribution in [2.24, 2.45) is 5.92 Å². The molecule has 1 fully saturated rings. The van der Waals surface area contributed by atoms with Crippen LogP contribution in [0.5, 0.6) is 5.75 Å². The molecule has 0 saturated carbocycles. The third-order valence-corrected chi connectivity index (χ3v) is 3.60. The Bertz CT molecular complexity index is 471. The SMILES string of the molecule is CC(C)Oc1ccccc1NC(=O)NCCC[C@@H]1CCOC1. The Morgan fingerprint density at radius 2 is 2.23 bits per heavy atom. The van der Waals surface area contributed by atoms with Crippen molar-refractivity contribution >= 4 is 11.7 Å². The van der Waals surface area contributed by atoms with Crippen LogP contribution in [0.2, 0.25) is 0 Å². The Labute approximate surface area is 132 Å². The van der Waals surface area contributed by atoms with E-state index in [1.54, 1.807) is 0 Å². The molecule has 0 radical (unpaired) electrons. The summed E-state index contributed by atoms with van der Waals surface area (Å²) in [5, 5.41) is 5.73. The summed E-state index contributed by atoms with van der Waals surface area (Å²) < 4.78 is 11.0. The molecular formula is C17H26N2O3. The zero-order chi connectivity index (χ0) is 15.8. The Hall–Kier alpha value is -1.75. The zero-order valence-corrected chi connectivity index (χ0v) is 13.4. The summed E-state index contributed by atoms with van der Waals surface area (Å²) in [6, 6.07) is 7.28. The van der Waals surface area contributed by atoms with Crippen LogP contribution < -0.4 is 15.4 Å². The quantitative estimate of drug-likeness (QED) is 0.759. The molecule has 2 N–H and O–H groups in total. The Morgan fingerprint density at radius 1 is 1.41 bits per heavy atom. The summed E-state index contributed by atoms with van der Waals surface area (Å²) in [4.78, 5) is 11.9. The van der Waals surface area contributed by atoms with E-state index in [1.807, 2.05) is 38.1 Å². The average Bonchev–Trinajstić information content (AvgIpc) is 2.98. The van der Waals surface area contributed by atoms with Crippen LogP contribution in [0.4, 0.5) is 10.5 Å². The number of benzene rings is 1. The number of carbonyl (C=O) groups excluding carboxylic acids is 1. The molecule has 1 aromatic carbocycles. The molecule has 122 valence electrons. The maximum absolute atomic E-state index is 11.9. The van der Waals surface area contributed by atoms with Gasteiger partial charge in [-0.3, -0.25) is 0 Å². The van der Waals surface area contributed by atoms with E-state index in [1.165, 1.54) is 0 Å². The summed E-state index contributed by atoms with van der Waals surface area (Å²) in [5.41, 5.74) is 0.692. The molecule has 2 amide bonds. The van der Waals surface area contributed by atoms with Crippen LogP contribution in [0.15, 0.2) is 24.3 Å². The standard InChI is InChI=1S/C17H26N2O3/c1-13(2)22-16-8-4-3-7-15(16)19-17(20)18-10-5-6-14-9-11-21-12-14/h3-4,7-8,13-14H,5-6,9-12H2,1-2H3,(H2,18,19,20)/t14-/m1/s1. The van der Waals surface area contributed by atoms with Gasteiger partial charge in [0.1, 0.15) is 5.75 Å². The number of urea groups is 1. The van der Waals surface area contributed by atoms with Crippen LogP contribution in [-0.2, 0) is 4.74 Å². The molecule has 2 rings (SSSR count). The minimum absolute atomic E-state index is 0.0691. The number of hydrogen-bond acceptors (Lipinski definition) is 3. The number of hydrogen-bond donors (Lipinski definition) is 2. The van der Waals surface area contributed by atoms with Gasteiger partial charge in [-0.05, 0) is 51.2 Å². The van der Waals surface area contributed by atoms with Gasteiger partial charge in [0.15, 0.2) is 0 Å². The molecule has 0 unspecified atom stereocenters. The van der Waals surface area contributed by atoms with E-state index in [9.17, 15) is 4.79 Å². The lowest BCUT2D eigenvalue weighted by molar-refractivity contribution is 0.184. The van der Waals surface area contributed by atoms with Crippen molar-refractivity contribution in [1.29, 1.82) is 0 Å². The van der Waals surface area contributed by atoms with Gasteiger partial charge in [0.05, 0.1) is 11.8 Å². The Kier molecular flexibility index (Phi) is 6.52. The molecule has 0 spiro atoms. The lowest BCUT2D eigenvalue weighted by Gasteiger charge is -2.15. The van der Waals surface area contributed by atoms with Gasteiger partial charge in [-0.1, -0.05) is 12.1 Å². The smallest absolute Gasteiger partial charge is 0.319 e. The first kappa shape index (κ1) is 16.6. The van der Waals surface area contributed by atoms with Gasteiger partial charge >= 0.3 is 6.03 Å². The molecule has 1 aliphatic rings. The number of rotatable bonds is 7. The fraction of sp³-hybridized carbons (Fsp3) is 0.588. The Morgan fingerprint density at radius 3 is 2.95 bits per heavy atom. The highest BCUT2D eigenvalue weighted by molar-refractivity contribution is 5.90. The van der Waals surface area contributed by atoms with Crippen molar-refractivity contribution < 1.29 is 14.3 Å². The van der Waals surface area contributed by atoms with E-state index in [2.05, 4.69) is 10.6 Å². The first-order valence-electron chi connectivity index (χ1n) is 8.03. The molecule has 22 heavy (non-hydrogen) atoms. The maximum Gasteiger partial charge on any atom is 0.319 e. The number of nitrogens with one attached hydrogen (secondary N) is 2. The van der Waals surface area contributed by atoms with Crippen molar-refractivity contribution in [3.63, 3.8) is 0 Å². The molecule has 1 aromatic rings. The lowest BCUT2D eigenvalue weighted by atomic mass is 10.0. The third kappa shape index (κ3) is 5.56. The summed E-state index contributed by atoms with van der Waals surface area (Å²) in [7, 11) is 0. The number of carbonyl (C=O) groups is 1. The highest BCUT2D eigenvalue weighted by Gasteiger charge is 2.15. The van der Waals surface area contributed by atoms with Crippen LogP contribution >= 0.6 is 0 Å². The molecule has 1 saturated heterocycles. The van der Waals surface area contributed by atoms with Gasteiger partial charge in [-0.25, -0.2) is 4.79 Å². The number of anilines is 1. The molecule has 5 heteroatoms. The summed E-state index contributed by atoms with van der Waals surface area (Å²) in [6.07, 6.45) is 3.30. The van der Waals surface area contributed by atoms with E-state index in [4.69, 9.17) is 9.47 Å². The van der Waals surface area contributed by atoms with Gasteiger partial charge in [-0.15, -0.1) is 0 Å². The van der Waals surface area contributed by atoms with Crippen molar-refractivity contribution in [1.82, 2.24) is 5.32 Å². The first-order chi connectivity index (χ1) is 10.6. The monoisotopic (exact) mass is 306 g/mol. The average molecular weight is 306 g/mol. The topological polar surface area (TPSA) is 59.6 Å².